The van der Waals surface area contributed by atoms with Crippen LogP contribution in [0.2, 0.25) is 0 Å². The Morgan fingerprint density at radius 3 is 2.59 bits per heavy atom. The number of hydrogen-bond donors (Lipinski definition) is 0. The summed E-state index contributed by atoms with van der Waals surface area (Å²) >= 11 is 0. The lowest BCUT2D eigenvalue weighted by atomic mass is 9.99. The topological polar surface area (TPSA) is 46.1 Å². The van der Waals surface area contributed by atoms with E-state index in [-0.39, 0.29) is 5.78 Å². The maximum Gasteiger partial charge on any atom is 0.159 e. The lowest BCUT2D eigenvalue weighted by Crippen LogP contribution is -2.28. The van der Waals surface area contributed by atoms with Crippen LogP contribution in [0.5, 0.6) is 0 Å². The van der Waals surface area contributed by atoms with Crippen molar-refractivity contribution >= 4 is 11.6 Å². The molecule has 1 aliphatic rings. The van der Waals surface area contributed by atoms with Crippen molar-refractivity contribution in [1.82, 2.24) is 9.97 Å². The van der Waals surface area contributed by atoms with Gasteiger partial charge in [0.15, 0.2) is 5.78 Å². The van der Waals surface area contributed by atoms with Crippen LogP contribution in [-0.4, -0.2) is 28.8 Å². The van der Waals surface area contributed by atoms with Gasteiger partial charge in [-0.25, -0.2) is 4.98 Å². The number of anilines is 1. The number of carbonyl (C=O) groups excluding carboxylic acids is 1. The van der Waals surface area contributed by atoms with E-state index < -0.39 is 0 Å². The third kappa shape index (κ3) is 2.86. The van der Waals surface area contributed by atoms with Gasteiger partial charge < -0.3 is 4.90 Å². The maximum absolute atomic E-state index is 11.6. The Balaban J connectivity index is 1.87. The fraction of sp³-hybridized carbons (Fsp3) is 0.389. The summed E-state index contributed by atoms with van der Waals surface area (Å²) in [6.07, 6.45) is 3.72. The number of benzene rings is 1. The highest BCUT2D eigenvalue weighted by atomic mass is 16.1. The van der Waals surface area contributed by atoms with Gasteiger partial charge in [-0.1, -0.05) is 12.1 Å². The zero-order chi connectivity index (χ0) is 15.7. The lowest BCUT2D eigenvalue weighted by molar-refractivity contribution is 0.101. The second-order valence-corrected chi connectivity index (χ2v) is 5.95. The maximum atomic E-state index is 11.6. The number of hydrogen-bond acceptors (Lipinski definition) is 4. The normalized spacial score (nSPS) is 14.4. The predicted molar refractivity (Wildman–Crippen MR) is 87.6 cm³/mol. The summed E-state index contributed by atoms with van der Waals surface area (Å²) < 4.78 is 0. The summed E-state index contributed by atoms with van der Waals surface area (Å²) in [4.78, 5) is 22.9. The molecule has 22 heavy (non-hydrogen) atoms. The first-order valence-electron chi connectivity index (χ1n) is 7.72. The van der Waals surface area contributed by atoms with E-state index in [2.05, 4.69) is 27.0 Å². The molecule has 0 bridgehead atoms. The average Bonchev–Trinajstić information content (AvgIpc) is 2.71. The van der Waals surface area contributed by atoms with E-state index >= 15 is 0 Å². The number of carbonyl (C=O) groups is 1. The van der Waals surface area contributed by atoms with E-state index in [0.29, 0.717) is 0 Å². The molecule has 1 aromatic heterocycles. The third-order valence-corrected chi connectivity index (χ3v) is 4.27. The van der Waals surface area contributed by atoms with Crippen molar-refractivity contribution in [2.75, 3.05) is 18.0 Å². The van der Waals surface area contributed by atoms with Crippen LogP contribution in [0.4, 0.5) is 5.82 Å². The van der Waals surface area contributed by atoms with Gasteiger partial charge in [0.1, 0.15) is 5.82 Å². The van der Waals surface area contributed by atoms with Gasteiger partial charge in [0, 0.05) is 24.8 Å². The second kappa shape index (κ2) is 5.87. The van der Waals surface area contributed by atoms with Crippen molar-refractivity contribution in [2.24, 2.45) is 0 Å². The van der Waals surface area contributed by atoms with Crippen molar-refractivity contribution < 1.29 is 4.79 Å². The highest BCUT2D eigenvalue weighted by Crippen LogP contribution is 2.22. The standard InChI is InChI=1S/C18H21N3O/c1-12-11-19-13(2)18(20-12)21-8-6-15-4-5-16(14(3)22)10-17(15)7-9-21/h4-5,10-11H,6-9H2,1-3H3. The van der Waals surface area contributed by atoms with Crippen molar-refractivity contribution in [1.29, 1.82) is 0 Å². The van der Waals surface area contributed by atoms with Crippen molar-refractivity contribution in [3.63, 3.8) is 0 Å². The minimum Gasteiger partial charge on any atom is -0.354 e. The van der Waals surface area contributed by atoms with Gasteiger partial charge in [-0.15, -0.1) is 0 Å². The molecular formula is C18H21N3O. The van der Waals surface area contributed by atoms with Crippen molar-refractivity contribution in [2.45, 2.75) is 33.6 Å². The first kappa shape index (κ1) is 14.7. The van der Waals surface area contributed by atoms with Crippen LogP contribution >= 0.6 is 0 Å². The molecule has 4 nitrogen and oxygen atoms in total. The molecule has 0 amide bonds. The molecule has 2 aromatic rings. The molecule has 0 unspecified atom stereocenters. The smallest absolute Gasteiger partial charge is 0.159 e. The Morgan fingerprint density at radius 1 is 1.14 bits per heavy atom. The highest BCUT2D eigenvalue weighted by molar-refractivity contribution is 5.94. The summed E-state index contributed by atoms with van der Waals surface area (Å²) in [6.45, 7) is 7.45. The van der Waals surface area contributed by atoms with Gasteiger partial charge in [0.25, 0.3) is 0 Å². The van der Waals surface area contributed by atoms with Crippen LogP contribution in [-0.2, 0) is 12.8 Å². The van der Waals surface area contributed by atoms with E-state index in [9.17, 15) is 4.79 Å². The molecule has 1 aromatic carbocycles. The predicted octanol–water partition coefficient (Wildman–Crippen LogP) is 2.90. The average molecular weight is 295 g/mol. The molecule has 0 N–H and O–H groups in total. The van der Waals surface area contributed by atoms with Crippen LogP contribution in [0.25, 0.3) is 0 Å². The van der Waals surface area contributed by atoms with Crippen LogP contribution in [0, 0.1) is 13.8 Å². The first-order valence-corrected chi connectivity index (χ1v) is 7.72. The molecule has 0 saturated carbocycles. The molecule has 4 heteroatoms. The third-order valence-electron chi connectivity index (χ3n) is 4.27. The van der Waals surface area contributed by atoms with E-state index in [0.717, 1.165) is 48.7 Å². The Hall–Kier alpha value is -2.23. The van der Waals surface area contributed by atoms with E-state index in [1.807, 2.05) is 26.1 Å². The molecule has 3 rings (SSSR count). The summed E-state index contributed by atoms with van der Waals surface area (Å²) in [6, 6.07) is 6.09. The number of nitrogens with zero attached hydrogens (tertiary/aromatic N) is 3. The van der Waals surface area contributed by atoms with Gasteiger partial charge >= 0.3 is 0 Å². The summed E-state index contributed by atoms with van der Waals surface area (Å²) in [7, 11) is 0. The van der Waals surface area contributed by atoms with Crippen LogP contribution in [0.15, 0.2) is 24.4 Å². The quantitative estimate of drug-likeness (QED) is 0.799. The van der Waals surface area contributed by atoms with Gasteiger partial charge in [-0.3, -0.25) is 9.78 Å². The second-order valence-electron chi connectivity index (χ2n) is 5.95. The van der Waals surface area contributed by atoms with Crippen LogP contribution in [0.3, 0.4) is 0 Å². The molecule has 2 heterocycles. The van der Waals surface area contributed by atoms with Gasteiger partial charge in [-0.05, 0) is 50.8 Å². The number of rotatable bonds is 2. The molecule has 0 spiro atoms. The first-order chi connectivity index (χ1) is 10.5. The Labute approximate surface area is 131 Å². The minimum absolute atomic E-state index is 0.129. The molecule has 1 aliphatic heterocycles. The number of aromatic nitrogens is 2. The van der Waals surface area contributed by atoms with Crippen LogP contribution < -0.4 is 4.90 Å². The Bertz CT molecular complexity index is 724. The molecule has 114 valence electrons. The van der Waals surface area contributed by atoms with E-state index in [4.69, 9.17) is 0 Å². The number of ketones is 1. The van der Waals surface area contributed by atoms with E-state index in [1.54, 1.807) is 6.92 Å². The number of Topliss-reactive ketones (excluding diaryl/α,β-unsaturated/α-hetero) is 1. The fourth-order valence-corrected chi connectivity index (χ4v) is 2.98. The highest BCUT2D eigenvalue weighted by Gasteiger charge is 2.18. The summed E-state index contributed by atoms with van der Waals surface area (Å²) in [5.74, 6) is 1.11. The zero-order valence-electron chi connectivity index (χ0n) is 13.4. The van der Waals surface area contributed by atoms with Gasteiger partial charge in [0.2, 0.25) is 0 Å². The molecule has 0 fully saturated rings. The fourth-order valence-electron chi connectivity index (χ4n) is 2.98. The van der Waals surface area contributed by atoms with Gasteiger partial charge in [0.05, 0.1) is 11.4 Å². The van der Waals surface area contributed by atoms with Crippen molar-refractivity contribution in [3.05, 3.63) is 52.5 Å². The molecule has 0 atom stereocenters. The molecular weight excluding hydrogens is 274 g/mol. The largest absolute Gasteiger partial charge is 0.354 e. The number of fused-ring (bicyclic) bond motifs is 1. The monoisotopic (exact) mass is 295 g/mol. The minimum atomic E-state index is 0.129. The summed E-state index contributed by atoms with van der Waals surface area (Å²) in [5, 5.41) is 0. The SMILES string of the molecule is CC(=O)c1ccc2c(c1)CCN(c1nc(C)cnc1C)CC2. The Morgan fingerprint density at radius 2 is 1.86 bits per heavy atom. The van der Waals surface area contributed by atoms with E-state index in [1.165, 1.54) is 11.1 Å². The Kier molecular flexibility index (Phi) is 3.92. The van der Waals surface area contributed by atoms with Crippen molar-refractivity contribution in [3.8, 4) is 0 Å². The molecule has 0 aliphatic carbocycles. The number of aryl methyl sites for hydroxylation is 2. The summed E-state index contributed by atoms with van der Waals surface area (Å²) in [5.41, 5.74) is 5.35. The molecule has 0 radical (unpaired) electrons. The van der Waals surface area contributed by atoms with Crippen LogP contribution in [0.1, 0.15) is 39.8 Å². The lowest BCUT2D eigenvalue weighted by Gasteiger charge is -2.22. The molecule has 0 saturated heterocycles. The zero-order valence-corrected chi connectivity index (χ0v) is 13.4. The van der Waals surface area contributed by atoms with Gasteiger partial charge in [-0.2, -0.15) is 0 Å².